The molecule has 1 saturated heterocycles. The van der Waals surface area contributed by atoms with Gasteiger partial charge in [-0.15, -0.1) is 5.10 Å². The summed E-state index contributed by atoms with van der Waals surface area (Å²) >= 11 is 0. The van der Waals surface area contributed by atoms with Gasteiger partial charge >= 0.3 is 0 Å². The second-order valence-corrected chi connectivity index (χ2v) is 10.5. The maximum absolute atomic E-state index is 13.3. The van der Waals surface area contributed by atoms with Crippen LogP contribution in [-0.4, -0.2) is 63.0 Å². The molecule has 3 aromatic rings. The van der Waals surface area contributed by atoms with Crippen molar-refractivity contribution in [2.75, 3.05) is 29.9 Å². The maximum atomic E-state index is 13.3. The van der Waals surface area contributed by atoms with E-state index >= 15 is 0 Å². The molecule has 5 rings (SSSR count). The summed E-state index contributed by atoms with van der Waals surface area (Å²) in [7, 11) is 0. The molecule has 1 saturated carbocycles. The lowest BCUT2D eigenvalue weighted by atomic mass is 9.55. The average molecular weight is 527 g/mol. The number of fused-ring (bicyclic) bond motifs is 1. The van der Waals surface area contributed by atoms with Crippen molar-refractivity contribution in [3.05, 3.63) is 59.5 Å². The molecule has 0 unspecified atom stereocenters. The summed E-state index contributed by atoms with van der Waals surface area (Å²) < 4.78 is 27.8. The van der Waals surface area contributed by atoms with Crippen LogP contribution < -0.4 is 21.8 Å². The van der Waals surface area contributed by atoms with Crippen molar-refractivity contribution in [3.63, 3.8) is 0 Å². The monoisotopic (exact) mass is 526 g/mol. The van der Waals surface area contributed by atoms with Gasteiger partial charge in [-0.1, -0.05) is 19.1 Å². The van der Waals surface area contributed by atoms with Crippen molar-refractivity contribution in [2.24, 2.45) is 22.1 Å². The lowest BCUT2D eigenvalue weighted by Crippen LogP contribution is -2.70. The Labute approximate surface area is 218 Å². The summed E-state index contributed by atoms with van der Waals surface area (Å²) in [5, 5.41) is 18.4. The molecule has 2 aliphatic rings. The van der Waals surface area contributed by atoms with E-state index in [2.05, 4.69) is 20.3 Å². The molecule has 6 N–H and O–H groups in total. The number of amides is 1. The number of hydrogen-bond donors (Lipinski definition) is 4. The number of benzene rings is 1. The van der Waals surface area contributed by atoms with Crippen LogP contribution in [0.5, 0.6) is 0 Å². The first-order valence-electron chi connectivity index (χ1n) is 12.5. The lowest BCUT2D eigenvalue weighted by Gasteiger charge is -2.62. The highest BCUT2D eigenvalue weighted by atomic mass is 19.3. The van der Waals surface area contributed by atoms with Gasteiger partial charge in [0.05, 0.1) is 18.4 Å². The van der Waals surface area contributed by atoms with Crippen LogP contribution in [-0.2, 0) is 0 Å². The van der Waals surface area contributed by atoms with E-state index in [4.69, 9.17) is 11.6 Å². The van der Waals surface area contributed by atoms with Crippen LogP contribution >= 0.6 is 0 Å². The fourth-order valence-corrected chi connectivity index (χ4v) is 5.47. The zero-order valence-corrected chi connectivity index (χ0v) is 21.4. The summed E-state index contributed by atoms with van der Waals surface area (Å²) in [6, 6.07) is 9.11. The minimum absolute atomic E-state index is 0.102. The highest BCUT2D eigenvalue weighted by molar-refractivity contribution is 6.05. The Morgan fingerprint density at radius 2 is 2.03 bits per heavy atom. The van der Waals surface area contributed by atoms with Crippen molar-refractivity contribution in [3.8, 4) is 0 Å². The number of halogens is 2. The molecule has 0 atom stereocenters. The highest BCUT2D eigenvalue weighted by Crippen LogP contribution is 2.56. The summed E-state index contributed by atoms with van der Waals surface area (Å²) in [6.07, 6.45) is 1.63. The molecule has 1 amide bonds. The standard InChI is InChI=1S/C26H32F2N8O2/c1-3-8-36(30)33-22(29)17-5-4-16(2)19(9-17)32-23(37)20-10-31-21-7-6-18(11-35(20)21)34-14-25(15-34)12-26(38,13-25)24(27)28/h4-7,9-11,24,38H,3,8,12-15,30H2,1-2H3,(H2,29,33)(H,32,37). The summed E-state index contributed by atoms with van der Waals surface area (Å²) in [5.74, 6) is 5.72. The Bertz CT molecular complexity index is 1390. The van der Waals surface area contributed by atoms with E-state index in [1.165, 1.54) is 11.3 Å². The SMILES string of the molecule is CCCN(N)/N=C(\N)c1ccc(C)c(NC(=O)c2cnc3ccc(N4CC5(C4)CC(O)(C(F)F)C5)cn23)c1. The molecular weight excluding hydrogens is 494 g/mol. The summed E-state index contributed by atoms with van der Waals surface area (Å²) in [4.78, 5) is 19.7. The van der Waals surface area contributed by atoms with E-state index in [0.29, 0.717) is 42.2 Å². The molecule has 38 heavy (non-hydrogen) atoms. The largest absolute Gasteiger partial charge is 0.384 e. The van der Waals surface area contributed by atoms with Gasteiger partial charge in [-0.3, -0.25) is 9.20 Å². The molecule has 3 heterocycles. The highest BCUT2D eigenvalue weighted by Gasteiger charge is 2.63. The number of pyridine rings is 1. The number of imidazole rings is 1. The molecule has 2 fully saturated rings. The number of anilines is 2. The van der Waals surface area contributed by atoms with Gasteiger partial charge in [0.1, 0.15) is 16.9 Å². The number of aromatic nitrogens is 2. The van der Waals surface area contributed by atoms with Crippen LogP contribution in [0, 0.1) is 12.3 Å². The zero-order chi connectivity index (χ0) is 27.2. The molecule has 1 aromatic carbocycles. The van der Waals surface area contributed by atoms with Crippen LogP contribution in [0.25, 0.3) is 5.65 Å². The molecule has 2 aromatic heterocycles. The van der Waals surface area contributed by atoms with Crippen LogP contribution in [0.15, 0.2) is 47.8 Å². The number of alkyl halides is 2. The molecule has 10 nitrogen and oxygen atoms in total. The topological polar surface area (TPSA) is 138 Å². The van der Waals surface area contributed by atoms with Crippen molar-refractivity contribution < 1.29 is 18.7 Å². The van der Waals surface area contributed by atoms with Crippen LogP contribution in [0.3, 0.4) is 0 Å². The second kappa shape index (κ2) is 9.52. The molecular formula is C26H32F2N8O2. The summed E-state index contributed by atoms with van der Waals surface area (Å²) in [5.41, 5.74) is 7.82. The third kappa shape index (κ3) is 4.65. The van der Waals surface area contributed by atoms with Crippen molar-refractivity contribution in [2.45, 2.75) is 45.1 Å². The van der Waals surface area contributed by atoms with Crippen molar-refractivity contribution >= 4 is 28.8 Å². The third-order valence-corrected chi connectivity index (χ3v) is 7.38. The van der Waals surface area contributed by atoms with Gasteiger partial charge in [0.25, 0.3) is 12.3 Å². The molecule has 1 spiro atoms. The molecule has 1 aliphatic carbocycles. The molecule has 12 heteroatoms. The van der Waals surface area contributed by atoms with Crippen LogP contribution in [0.1, 0.15) is 47.8 Å². The maximum Gasteiger partial charge on any atom is 0.274 e. The Hall–Kier alpha value is -3.77. The Kier molecular flexibility index (Phi) is 6.48. The first-order chi connectivity index (χ1) is 18.0. The number of nitrogens with two attached hydrogens (primary N) is 2. The van der Waals surface area contributed by atoms with Crippen molar-refractivity contribution in [1.82, 2.24) is 14.5 Å². The lowest BCUT2D eigenvalue weighted by molar-refractivity contribution is -0.209. The quantitative estimate of drug-likeness (QED) is 0.153. The number of nitrogens with one attached hydrogen (secondary N) is 1. The molecule has 1 aliphatic heterocycles. The smallest absolute Gasteiger partial charge is 0.274 e. The van der Waals surface area contributed by atoms with E-state index in [1.807, 2.05) is 44.3 Å². The number of amidine groups is 1. The second-order valence-electron chi connectivity index (χ2n) is 10.5. The van der Waals surface area contributed by atoms with Crippen LogP contribution in [0.4, 0.5) is 20.2 Å². The first kappa shape index (κ1) is 25.9. The zero-order valence-electron chi connectivity index (χ0n) is 21.4. The van der Waals surface area contributed by atoms with Crippen LogP contribution in [0.2, 0.25) is 0 Å². The minimum atomic E-state index is -2.73. The average Bonchev–Trinajstić information content (AvgIpc) is 3.25. The number of rotatable bonds is 8. The summed E-state index contributed by atoms with van der Waals surface area (Å²) in [6.45, 7) is 5.58. The predicted octanol–water partition coefficient (Wildman–Crippen LogP) is 2.70. The number of nitrogens with zero attached hydrogens (tertiary/aromatic N) is 5. The van der Waals surface area contributed by atoms with E-state index in [1.54, 1.807) is 10.5 Å². The predicted molar refractivity (Wildman–Crippen MR) is 141 cm³/mol. The Morgan fingerprint density at radius 1 is 1.29 bits per heavy atom. The number of hydrogen-bond acceptors (Lipinski definition) is 7. The Morgan fingerprint density at radius 3 is 2.71 bits per heavy atom. The molecule has 0 radical (unpaired) electrons. The number of hydrazone groups is 1. The number of carbonyl (C=O) groups excluding carboxylic acids is 1. The normalized spacial score (nSPS) is 18.0. The minimum Gasteiger partial charge on any atom is -0.384 e. The number of carbonyl (C=O) groups is 1. The number of aryl methyl sites for hydroxylation is 1. The van der Waals surface area contributed by atoms with Gasteiger partial charge < -0.3 is 21.1 Å². The third-order valence-electron chi connectivity index (χ3n) is 7.38. The van der Waals surface area contributed by atoms with E-state index in [0.717, 1.165) is 17.7 Å². The number of hydrazine groups is 1. The van der Waals surface area contributed by atoms with E-state index < -0.39 is 12.0 Å². The molecule has 0 bridgehead atoms. The van der Waals surface area contributed by atoms with Gasteiger partial charge in [0.2, 0.25) is 0 Å². The first-order valence-corrected chi connectivity index (χ1v) is 12.5. The van der Waals surface area contributed by atoms with E-state index in [-0.39, 0.29) is 30.0 Å². The number of aliphatic hydroxyl groups is 1. The van der Waals surface area contributed by atoms with Gasteiger partial charge in [-0.05, 0) is 49.9 Å². The Balaban J connectivity index is 1.31. The van der Waals surface area contributed by atoms with Gasteiger partial charge in [-0.25, -0.2) is 24.7 Å². The fourth-order valence-electron chi connectivity index (χ4n) is 5.47. The van der Waals surface area contributed by atoms with Gasteiger partial charge in [0, 0.05) is 36.0 Å². The molecule has 202 valence electrons. The van der Waals surface area contributed by atoms with Crippen molar-refractivity contribution in [1.29, 1.82) is 0 Å². The van der Waals surface area contributed by atoms with Gasteiger partial charge in [0.15, 0.2) is 5.84 Å². The van der Waals surface area contributed by atoms with Gasteiger partial charge in [-0.2, -0.15) is 0 Å². The fraction of sp³-hybridized carbons (Fsp3) is 0.423. The van der Waals surface area contributed by atoms with E-state index in [9.17, 15) is 18.7 Å².